The second kappa shape index (κ2) is 5.87. The summed E-state index contributed by atoms with van der Waals surface area (Å²) in [5.41, 5.74) is 6.95. The third-order valence-electron chi connectivity index (χ3n) is 3.43. The number of hydrogen-bond donors (Lipinski definition) is 2. The van der Waals surface area contributed by atoms with Gasteiger partial charge in [0.25, 0.3) is 0 Å². The third kappa shape index (κ3) is 2.92. The molecular weight excluding hydrogens is 278 g/mol. The van der Waals surface area contributed by atoms with Crippen LogP contribution >= 0.6 is 0 Å². The zero-order chi connectivity index (χ0) is 15.5. The molecule has 0 saturated heterocycles. The highest BCUT2D eigenvalue weighted by atomic mass is 16.5. The van der Waals surface area contributed by atoms with Crippen LogP contribution in [0.25, 0.3) is 10.8 Å². The first-order valence-corrected chi connectivity index (χ1v) is 6.90. The molecule has 0 saturated carbocycles. The smallest absolute Gasteiger partial charge is 0.343 e. The Morgan fingerprint density at radius 3 is 2.41 bits per heavy atom. The van der Waals surface area contributed by atoms with Crippen molar-refractivity contribution in [1.29, 1.82) is 0 Å². The van der Waals surface area contributed by atoms with E-state index in [2.05, 4.69) is 0 Å². The van der Waals surface area contributed by atoms with Crippen molar-refractivity contribution in [3.05, 3.63) is 71.8 Å². The van der Waals surface area contributed by atoms with Crippen molar-refractivity contribution in [3.63, 3.8) is 0 Å². The Morgan fingerprint density at radius 2 is 1.68 bits per heavy atom. The molecule has 0 radical (unpaired) electrons. The van der Waals surface area contributed by atoms with Crippen LogP contribution in [0.4, 0.5) is 0 Å². The third-order valence-corrected chi connectivity index (χ3v) is 3.43. The van der Waals surface area contributed by atoms with Gasteiger partial charge in [-0.3, -0.25) is 0 Å². The van der Waals surface area contributed by atoms with E-state index in [1.54, 1.807) is 48.5 Å². The number of phenolic OH excluding ortho intramolecular Hbond substituents is 1. The number of carbonyl (C=O) groups is 1. The fraction of sp³-hybridized carbons (Fsp3) is 0.0556. The molecule has 3 aromatic carbocycles. The summed E-state index contributed by atoms with van der Waals surface area (Å²) in [6.07, 6.45) is 0. The quantitative estimate of drug-likeness (QED) is 0.574. The Labute approximate surface area is 127 Å². The van der Waals surface area contributed by atoms with Gasteiger partial charge in [-0.15, -0.1) is 0 Å². The minimum atomic E-state index is -0.428. The highest BCUT2D eigenvalue weighted by Gasteiger charge is 2.09. The average Bonchev–Trinajstić information content (AvgIpc) is 2.54. The first kappa shape index (κ1) is 14.1. The van der Waals surface area contributed by atoms with Crippen LogP contribution in [0.1, 0.15) is 15.9 Å². The van der Waals surface area contributed by atoms with Gasteiger partial charge in [-0.05, 0) is 52.7 Å². The largest absolute Gasteiger partial charge is 0.508 e. The van der Waals surface area contributed by atoms with Gasteiger partial charge < -0.3 is 15.6 Å². The number of carbonyl (C=O) groups excluding carboxylic acids is 1. The molecule has 3 N–H and O–H groups in total. The van der Waals surface area contributed by atoms with Crippen molar-refractivity contribution >= 4 is 16.7 Å². The van der Waals surface area contributed by atoms with Crippen molar-refractivity contribution < 1.29 is 14.6 Å². The van der Waals surface area contributed by atoms with Crippen molar-refractivity contribution in [2.24, 2.45) is 5.73 Å². The summed E-state index contributed by atoms with van der Waals surface area (Å²) in [5, 5.41) is 11.3. The minimum Gasteiger partial charge on any atom is -0.508 e. The van der Waals surface area contributed by atoms with Crippen LogP contribution in [0.5, 0.6) is 11.5 Å². The van der Waals surface area contributed by atoms with Crippen LogP contribution in [0.3, 0.4) is 0 Å². The fourth-order valence-electron chi connectivity index (χ4n) is 2.22. The second-order valence-corrected chi connectivity index (χ2v) is 4.98. The van der Waals surface area contributed by atoms with Gasteiger partial charge in [-0.2, -0.15) is 0 Å². The molecule has 0 atom stereocenters. The summed E-state index contributed by atoms with van der Waals surface area (Å²) in [7, 11) is 0. The Bertz CT molecular complexity index is 825. The predicted octanol–water partition coefficient (Wildman–Crippen LogP) is 3.22. The lowest BCUT2D eigenvalue weighted by molar-refractivity contribution is 0.0735. The van der Waals surface area contributed by atoms with Crippen molar-refractivity contribution in [2.45, 2.75) is 6.54 Å². The SMILES string of the molecule is NCc1ccc(C(=O)Oc2ccc3ccc(O)cc3c2)cc1. The first-order chi connectivity index (χ1) is 10.7. The maximum absolute atomic E-state index is 12.1. The highest BCUT2D eigenvalue weighted by Crippen LogP contribution is 2.25. The molecule has 0 fully saturated rings. The van der Waals surface area contributed by atoms with Gasteiger partial charge in [0.15, 0.2) is 0 Å². The summed E-state index contributed by atoms with van der Waals surface area (Å²) >= 11 is 0. The van der Waals surface area contributed by atoms with E-state index in [-0.39, 0.29) is 5.75 Å². The molecule has 110 valence electrons. The Hall–Kier alpha value is -2.85. The number of nitrogens with two attached hydrogens (primary N) is 1. The normalized spacial score (nSPS) is 10.6. The predicted molar refractivity (Wildman–Crippen MR) is 84.9 cm³/mol. The van der Waals surface area contributed by atoms with E-state index < -0.39 is 5.97 Å². The van der Waals surface area contributed by atoms with Gasteiger partial charge in [0.1, 0.15) is 11.5 Å². The van der Waals surface area contributed by atoms with Crippen molar-refractivity contribution in [2.75, 3.05) is 0 Å². The van der Waals surface area contributed by atoms with Crippen LogP contribution in [0.2, 0.25) is 0 Å². The lowest BCUT2D eigenvalue weighted by Crippen LogP contribution is -2.08. The minimum absolute atomic E-state index is 0.174. The van der Waals surface area contributed by atoms with Gasteiger partial charge >= 0.3 is 5.97 Å². The molecule has 4 heteroatoms. The summed E-state index contributed by atoms with van der Waals surface area (Å²) in [6, 6.07) is 17.3. The summed E-state index contributed by atoms with van der Waals surface area (Å²) in [4.78, 5) is 12.1. The molecule has 0 amide bonds. The number of benzene rings is 3. The van der Waals surface area contributed by atoms with Crippen molar-refractivity contribution in [1.82, 2.24) is 0 Å². The van der Waals surface area contributed by atoms with Crippen LogP contribution in [-0.4, -0.2) is 11.1 Å². The van der Waals surface area contributed by atoms with Crippen LogP contribution < -0.4 is 10.5 Å². The highest BCUT2D eigenvalue weighted by molar-refractivity contribution is 5.92. The number of ether oxygens (including phenoxy) is 1. The van der Waals surface area contributed by atoms with E-state index in [1.807, 2.05) is 12.1 Å². The van der Waals surface area contributed by atoms with Crippen LogP contribution in [0, 0.1) is 0 Å². The molecule has 0 aliphatic carbocycles. The molecule has 0 aliphatic rings. The standard InChI is InChI=1S/C18H15NO3/c19-11-12-1-3-14(4-2-12)18(21)22-17-8-6-13-5-7-16(20)9-15(13)10-17/h1-10,20H,11,19H2. The van der Waals surface area contributed by atoms with Crippen LogP contribution in [0.15, 0.2) is 60.7 Å². The van der Waals surface area contributed by atoms with E-state index in [1.165, 1.54) is 0 Å². The molecule has 0 unspecified atom stereocenters. The topological polar surface area (TPSA) is 72.6 Å². The fourth-order valence-corrected chi connectivity index (χ4v) is 2.22. The zero-order valence-electron chi connectivity index (χ0n) is 11.8. The number of esters is 1. The first-order valence-electron chi connectivity index (χ1n) is 6.90. The van der Waals surface area contributed by atoms with Crippen LogP contribution in [-0.2, 0) is 6.54 Å². The maximum Gasteiger partial charge on any atom is 0.343 e. The lowest BCUT2D eigenvalue weighted by atomic mass is 10.1. The Balaban J connectivity index is 1.83. The van der Waals surface area contributed by atoms with Gasteiger partial charge in [0.05, 0.1) is 5.56 Å². The molecule has 0 heterocycles. The van der Waals surface area contributed by atoms with E-state index >= 15 is 0 Å². The van der Waals surface area contributed by atoms with E-state index in [9.17, 15) is 9.90 Å². The molecule has 0 bridgehead atoms. The van der Waals surface area contributed by atoms with E-state index in [0.717, 1.165) is 16.3 Å². The second-order valence-electron chi connectivity index (χ2n) is 4.98. The summed E-state index contributed by atoms with van der Waals surface area (Å²) < 4.78 is 5.37. The van der Waals surface area contributed by atoms with E-state index in [0.29, 0.717) is 17.9 Å². The number of fused-ring (bicyclic) bond motifs is 1. The van der Waals surface area contributed by atoms with Gasteiger partial charge in [0, 0.05) is 6.54 Å². The lowest BCUT2D eigenvalue weighted by Gasteiger charge is -2.06. The van der Waals surface area contributed by atoms with Crippen molar-refractivity contribution in [3.8, 4) is 11.5 Å². The van der Waals surface area contributed by atoms with Gasteiger partial charge in [0.2, 0.25) is 0 Å². The molecule has 0 aliphatic heterocycles. The number of rotatable bonds is 3. The summed E-state index contributed by atoms with van der Waals surface area (Å²) in [5.74, 6) is 0.183. The van der Waals surface area contributed by atoms with Gasteiger partial charge in [-0.1, -0.05) is 24.3 Å². The maximum atomic E-state index is 12.1. The Kier molecular flexibility index (Phi) is 3.76. The summed E-state index contributed by atoms with van der Waals surface area (Å²) in [6.45, 7) is 0.434. The molecule has 0 spiro atoms. The molecular formula is C18H15NO3. The molecule has 22 heavy (non-hydrogen) atoms. The van der Waals surface area contributed by atoms with Gasteiger partial charge in [-0.25, -0.2) is 4.79 Å². The average molecular weight is 293 g/mol. The van der Waals surface area contributed by atoms with E-state index in [4.69, 9.17) is 10.5 Å². The zero-order valence-corrected chi connectivity index (χ0v) is 11.8. The molecule has 4 nitrogen and oxygen atoms in total. The Morgan fingerprint density at radius 1 is 0.955 bits per heavy atom. The number of hydrogen-bond acceptors (Lipinski definition) is 4. The number of phenols is 1. The molecule has 3 aromatic rings. The number of aromatic hydroxyl groups is 1. The monoisotopic (exact) mass is 293 g/mol. The molecule has 0 aromatic heterocycles. The molecule has 3 rings (SSSR count).